The van der Waals surface area contributed by atoms with Crippen LogP contribution in [-0.2, 0) is 0 Å². The Balaban J connectivity index is 2.46. The Morgan fingerprint density at radius 1 is 1.31 bits per heavy atom. The van der Waals surface area contributed by atoms with Crippen molar-refractivity contribution in [3.8, 4) is 0 Å². The second kappa shape index (κ2) is 5.25. The predicted octanol–water partition coefficient (Wildman–Crippen LogP) is 3.53. The van der Waals surface area contributed by atoms with E-state index in [9.17, 15) is 0 Å². The van der Waals surface area contributed by atoms with E-state index in [0.29, 0.717) is 5.25 Å². The molecule has 0 aliphatic carbocycles. The first-order valence-electron chi connectivity index (χ1n) is 4.21. The molecule has 0 unspecified atom stereocenters. The zero-order valence-corrected chi connectivity index (χ0v) is 9.41. The molecule has 0 spiro atoms. The third-order valence-electron chi connectivity index (χ3n) is 1.36. The summed E-state index contributed by atoms with van der Waals surface area (Å²) in [4.78, 5) is 0. The number of benzene rings is 1. The van der Waals surface area contributed by atoms with Gasteiger partial charge in [0.1, 0.15) is 4.32 Å². The zero-order chi connectivity index (χ0) is 9.68. The highest BCUT2D eigenvalue weighted by Crippen LogP contribution is 2.15. The molecule has 0 radical (unpaired) electrons. The Labute approximate surface area is 88.9 Å². The summed E-state index contributed by atoms with van der Waals surface area (Å²) in [6.45, 7) is 4.26. The molecule has 3 heteroatoms. The molecule has 0 saturated heterocycles. The number of thiocarbonyl (C=S) groups is 1. The fourth-order valence-corrected chi connectivity index (χ4v) is 2.18. The molecule has 13 heavy (non-hydrogen) atoms. The number of thioether (sulfide) groups is 1. The average molecular weight is 211 g/mol. The molecule has 1 nitrogen and oxygen atoms in total. The van der Waals surface area contributed by atoms with Crippen LogP contribution in [0, 0.1) is 0 Å². The number of para-hydroxylation sites is 1. The van der Waals surface area contributed by atoms with Gasteiger partial charge in [0.15, 0.2) is 0 Å². The number of hydrogen-bond donors (Lipinski definition) is 1. The van der Waals surface area contributed by atoms with Crippen LogP contribution in [0.1, 0.15) is 13.8 Å². The lowest BCUT2D eigenvalue weighted by molar-refractivity contribution is 1.12. The highest BCUT2D eigenvalue weighted by Gasteiger charge is 2.00. The Hall–Kier alpha value is -0.540. The third kappa shape index (κ3) is 4.29. The van der Waals surface area contributed by atoms with Gasteiger partial charge in [-0.1, -0.05) is 56.0 Å². The van der Waals surface area contributed by atoms with Gasteiger partial charge in [-0.3, -0.25) is 0 Å². The van der Waals surface area contributed by atoms with Gasteiger partial charge in [0.25, 0.3) is 0 Å². The number of hydrogen-bond acceptors (Lipinski definition) is 2. The standard InChI is InChI=1S/C10H13NS2/c1-8(2)13-10(12)11-9-6-4-3-5-7-9/h3-8H,1-2H3,(H,11,12). The van der Waals surface area contributed by atoms with Gasteiger partial charge in [-0.25, -0.2) is 0 Å². The Kier molecular flexibility index (Phi) is 4.25. The minimum atomic E-state index is 0.531. The van der Waals surface area contributed by atoms with Crippen molar-refractivity contribution < 1.29 is 0 Å². The normalized spacial score (nSPS) is 10.1. The maximum Gasteiger partial charge on any atom is 0.138 e. The number of nitrogens with one attached hydrogen (secondary N) is 1. The lowest BCUT2D eigenvalue weighted by Gasteiger charge is -2.08. The minimum absolute atomic E-state index is 0.531. The van der Waals surface area contributed by atoms with Crippen molar-refractivity contribution in [1.29, 1.82) is 0 Å². The third-order valence-corrected chi connectivity index (χ3v) is 2.54. The quantitative estimate of drug-likeness (QED) is 0.752. The molecule has 0 bridgehead atoms. The van der Waals surface area contributed by atoms with Gasteiger partial charge in [0.05, 0.1) is 0 Å². The van der Waals surface area contributed by atoms with Crippen molar-refractivity contribution in [2.24, 2.45) is 0 Å². The van der Waals surface area contributed by atoms with E-state index >= 15 is 0 Å². The van der Waals surface area contributed by atoms with Gasteiger partial charge >= 0.3 is 0 Å². The monoisotopic (exact) mass is 211 g/mol. The maximum absolute atomic E-state index is 5.16. The van der Waals surface area contributed by atoms with Crippen LogP contribution in [0.25, 0.3) is 0 Å². The summed E-state index contributed by atoms with van der Waals surface area (Å²) in [6, 6.07) is 9.99. The second-order valence-corrected chi connectivity index (χ2v) is 5.20. The molecule has 1 rings (SSSR count). The molecule has 0 atom stereocenters. The van der Waals surface area contributed by atoms with Crippen molar-refractivity contribution in [1.82, 2.24) is 0 Å². The van der Waals surface area contributed by atoms with Crippen LogP contribution in [0.2, 0.25) is 0 Å². The van der Waals surface area contributed by atoms with Crippen molar-refractivity contribution in [2.75, 3.05) is 5.32 Å². The Bertz CT molecular complexity index is 270. The first-order valence-corrected chi connectivity index (χ1v) is 5.50. The molecule has 0 amide bonds. The molecular formula is C10H13NS2. The summed E-state index contributed by atoms with van der Waals surface area (Å²) >= 11 is 6.83. The van der Waals surface area contributed by atoms with Crippen LogP contribution in [0.5, 0.6) is 0 Å². The summed E-state index contributed by atoms with van der Waals surface area (Å²) < 4.78 is 0.834. The molecule has 1 N–H and O–H groups in total. The van der Waals surface area contributed by atoms with Crippen LogP contribution in [0.15, 0.2) is 30.3 Å². The molecule has 1 aromatic rings. The van der Waals surface area contributed by atoms with E-state index in [1.54, 1.807) is 11.8 Å². The lowest BCUT2D eigenvalue weighted by atomic mass is 10.3. The second-order valence-electron chi connectivity index (χ2n) is 2.95. The lowest BCUT2D eigenvalue weighted by Crippen LogP contribution is -2.07. The SMILES string of the molecule is CC(C)SC(=S)Nc1ccccc1. The zero-order valence-electron chi connectivity index (χ0n) is 7.78. The van der Waals surface area contributed by atoms with Crippen molar-refractivity contribution in [3.63, 3.8) is 0 Å². The summed E-state index contributed by atoms with van der Waals surface area (Å²) in [5, 5.41) is 3.70. The molecule has 0 aliphatic rings. The largest absolute Gasteiger partial charge is 0.341 e. The number of rotatable bonds is 2. The fourth-order valence-electron chi connectivity index (χ4n) is 0.883. The van der Waals surface area contributed by atoms with E-state index in [0.717, 1.165) is 10.0 Å². The first-order chi connectivity index (χ1) is 6.18. The van der Waals surface area contributed by atoms with Gasteiger partial charge in [0.2, 0.25) is 0 Å². The van der Waals surface area contributed by atoms with Crippen molar-refractivity contribution in [3.05, 3.63) is 30.3 Å². The molecule has 70 valence electrons. The summed E-state index contributed by atoms with van der Waals surface area (Å²) in [5.41, 5.74) is 1.06. The Morgan fingerprint density at radius 2 is 1.92 bits per heavy atom. The van der Waals surface area contributed by atoms with Crippen LogP contribution < -0.4 is 5.32 Å². The van der Waals surface area contributed by atoms with Crippen LogP contribution in [-0.4, -0.2) is 9.57 Å². The molecule has 0 saturated carbocycles. The van der Waals surface area contributed by atoms with E-state index in [1.165, 1.54) is 0 Å². The van der Waals surface area contributed by atoms with Crippen molar-refractivity contribution >= 4 is 34.0 Å². The highest BCUT2D eigenvalue weighted by molar-refractivity contribution is 8.23. The Morgan fingerprint density at radius 3 is 2.46 bits per heavy atom. The summed E-state index contributed by atoms with van der Waals surface area (Å²) in [7, 11) is 0. The predicted molar refractivity (Wildman–Crippen MR) is 65.4 cm³/mol. The molecule has 1 aromatic carbocycles. The van der Waals surface area contributed by atoms with E-state index < -0.39 is 0 Å². The fraction of sp³-hybridized carbons (Fsp3) is 0.300. The van der Waals surface area contributed by atoms with Gasteiger partial charge < -0.3 is 5.32 Å². The molecule has 0 aromatic heterocycles. The van der Waals surface area contributed by atoms with E-state index in [4.69, 9.17) is 12.2 Å². The average Bonchev–Trinajstić information content (AvgIpc) is 2.04. The van der Waals surface area contributed by atoms with Gasteiger partial charge in [0, 0.05) is 10.9 Å². The molecule has 0 fully saturated rings. The maximum atomic E-state index is 5.16. The van der Waals surface area contributed by atoms with Gasteiger partial charge in [-0.05, 0) is 12.1 Å². The summed E-state index contributed by atoms with van der Waals surface area (Å²) in [6.07, 6.45) is 0. The van der Waals surface area contributed by atoms with Crippen LogP contribution >= 0.6 is 24.0 Å². The van der Waals surface area contributed by atoms with E-state index in [2.05, 4.69) is 19.2 Å². The molecular weight excluding hydrogens is 198 g/mol. The summed E-state index contributed by atoms with van der Waals surface area (Å²) in [5.74, 6) is 0. The smallest absolute Gasteiger partial charge is 0.138 e. The van der Waals surface area contributed by atoms with E-state index in [-0.39, 0.29) is 0 Å². The van der Waals surface area contributed by atoms with E-state index in [1.807, 2.05) is 30.3 Å². The molecule has 0 aliphatic heterocycles. The first kappa shape index (κ1) is 10.5. The molecule has 0 heterocycles. The highest BCUT2D eigenvalue weighted by atomic mass is 32.2. The minimum Gasteiger partial charge on any atom is -0.341 e. The topological polar surface area (TPSA) is 12.0 Å². The number of anilines is 1. The van der Waals surface area contributed by atoms with Gasteiger partial charge in [-0.15, -0.1) is 0 Å². The van der Waals surface area contributed by atoms with Crippen LogP contribution in [0.4, 0.5) is 5.69 Å². The van der Waals surface area contributed by atoms with Crippen molar-refractivity contribution in [2.45, 2.75) is 19.1 Å². The van der Waals surface area contributed by atoms with Gasteiger partial charge in [-0.2, -0.15) is 0 Å². The van der Waals surface area contributed by atoms with Crippen LogP contribution in [0.3, 0.4) is 0 Å².